The van der Waals surface area contributed by atoms with E-state index in [1.165, 1.54) is 12.1 Å². The van der Waals surface area contributed by atoms with Gasteiger partial charge in [0.05, 0.1) is 23.4 Å². The van der Waals surface area contributed by atoms with Crippen LogP contribution in [0.4, 0.5) is 5.69 Å². The van der Waals surface area contributed by atoms with Gasteiger partial charge in [0, 0.05) is 11.6 Å². The zero-order valence-electron chi connectivity index (χ0n) is 14.0. The minimum atomic E-state index is -0.661. The number of carbonyl (C=O) groups is 2. The molecule has 2 aromatic rings. The fourth-order valence-corrected chi connectivity index (χ4v) is 2.64. The molecular weight excluding hydrogens is 379 g/mol. The molecule has 0 aliphatic rings. The number of hydrazine groups is 1. The number of anilines is 1. The molecule has 0 aliphatic heterocycles. The van der Waals surface area contributed by atoms with Crippen molar-refractivity contribution in [1.82, 2.24) is 10.3 Å². The summed E-state index contributed by atoms with van der Waals surface area (Å²) in [6.07, 6.45) is 0. The number of nitrogens with two attached hydrogens (primary N) is 2. The van der Waals surface area contributed by atoms with Gasteiger partial charge in [0.15, 0.2) is 0 Å². The standard InChI is InChI=1S/C17H18Cl2N4O3/c1-26-12-4-2-10(3-5-12)8-22-15(24)9-23(21)17(25)13-6-11(18)7-14(19)16(13)20/h2-7H,8-9,20-21H2,1H3,(H,22,24). The van der Waals surface area contributed by atoms with Crippen molar-refractivity contribution < 1.29 is 14.3 Å². The normalized spacial score (nSPS) is 10.3. The third kappa shape index (κ3) is 5.01. The largest absolute Gasteiger partial charge is 0.497 e. The number of carbonyl (C=O) groups excluding carboxylic acids is 2. The molecule has 0 saturated carbocycles. The summed E-state index contributed by atoms with van der Waals surface area (Å²) in [7, 11) is 1.57. The van der Waals surface area contributed by atoms with Crippen molar-refractivity contribution in [2.24, 2.45) is 5.84 Å². The second-order valence-electron chi connectivity index (χ2n) is 5.41. The third-order valence-electron chi connectivity index (χ3n) is 3.55. The number of nitrogens with zero attached hydrogens (tertiary/aromatic N) is 1. The predicted octanol–water partition coefficient (Wildman–Crippen LogP) is 2.22. The Kier molecular flexibility index (Phi) is 6.68. The van der Waals surface area contributed by atoms with E-state index in [-0.39, 0.29) is 34.4 Å². The predicted molar refractivity (Wildman–Crippen MR) is 101 cm³/mol. The minimum Gasteiger partial charge on any atom is -0.497 e. The zero-order chi connectivity index (χ0) is 19.3. The Balaban J connectivity index is 1.94. The van der Waals surface area contributed by atoms with Crippen LogP contribution in [0.1, 0.15) is 15.9 Å². The zero-order valence-corrected chi connectivity index (χ0v) is 15.5. The first-order chi connectivity index (χ1) is 12.3. The van der Waals surface area contributed by atoms with Crippen LogP contribution in [-0.4, -0.2) is 30.5 Å². The molecule has 0 bridgehead atoms. The van der Waals surface area contributed by atoms with Crippen LogP contribution in [0.2, 0.25) is 10.0 Å². The Bertz CT molecular complexity index is 812. The van der Waals surface area contributed by atoms with Crippen LogP contribution in [0, 0.1) is 0 Å². The lowest BCUT2D eigenvalue weighted by Crippen LogP contribution is -2.45. The highest BCUT2D eigenvalue weighted by atomic mass is 35.5. The van der Waals surface area contributed by atoms with Crippen molar-refractivity contribution in [3.05, 3.63) is 57.6 Å². The molecule has 0 saturated heterocycles. The van der Waals surface area contributed by atoms with Crippen LogP contribution in [0.15, 0.2) is 36.4 Å². The first-order valence-corrected chi connectivity index (χ1v) is 8.28. The van der Waals surface area contributed by atoms with Gasteiger partial charge in [-0.3, -0.25) is 14.6 Å². The van der Waals surface area contributed by atoms with Gasteiger partial charge in [-0.25, -0.2) is 5.84 Å². The van der Waals surface area contributed by atoms with E-state index in [0.717, 1.165) is 16.3 Å². The van der Waals surface area contributed by atoms with Crippen LogP contribution in [0.5, 0.6) is 5.75 Å². The highest BCUT2D eigenvalue weighted by Gasteiger charge is 2.20. The van der Waals surface area contributed by atoms with Gasteiger partial charge in [0.25, 0.3) is 5.91 Å². The van der Waals surface area contributed by atoms with E-state index in [1.807, 2.05) is 12.1 Å². The van der Waals surface area contributed by atoms with Crippen molar-refractivity contribution in [2.75, 3.05) is 19.4 Å². The van der Waals surface area contributed by atoms with E-state index >= 15 is 0 Å². The SMILES string of the molecule is COc1ccc(CNC(=O)CN(N)C(=O)c2cc(Cl)cc(Cl)c2N)cc1. The van der Waals surface area contributed by atoms with Crippen LogP contribution >= 0.6 is 23.2 Å². The van der Waals surface area contributed by atoms with Crippen molar-refractivity contribution in [2.45, 2.75) is 6.54 Å². The summed E-state index contributed by atoms with van der Waals surface area (Å²) in [4.78, 5) is 24.4. The van der Waals surface area contributed by atoms with Crippen LogP contribution in [0.25, 0.3) is 0 Å². The van der Waals surface area contributed by atoms with Crippen molar-refractivity contribution in [1.29, 1.82) is 0 Å². The molecule has 5 N–H and O–H groups in total. The summed E-state index contributed by atoms with van der Waals surface area (Å²) in [5, 5.41) is 3.80. The van der Waals surface area contributed by atoms with E-state index in [1.54, 1.807) is 19.2 Å². The molecule has 138 valence electrons. The molecule has 0 unspecified atom stereocenters. The maximum absolute atomic E-state index is 12.4. The Labute approximate surface area is 160 Å². The lowest BCUT2D eigenvalue weighted by atomic mass is 10.1. The molecule has 0 radical (unpaired) electrons. The van der Waals surface area contributed by atoms with Gasteiger partial charge in [-0.05, 0) is 29.8 Å². The van der Waals surface area contributed by atoms with Gasteiger partial charge in [0.2, 0.25) is 5.91 Å². The van der Waals surface area contributed by atoms with Crippen LogP contribution in [0.3, 0.4) is 0 Å². The lowest BCUT2D eigenvalue weighted by molar-refractivity contribution is -0.122. The number of nitrogens with one attached hydrogen (secondary N) is 1. The number of methoxy groups -OCH3 is 1. The van der Waals surface area contributed by atoms with Gasteiger partial charge >= 0.3 is 0 Å². The van der Waals surface area contributed by atoms with Crippen LogP contribution < -0.4 is 21.6 Å². The van der Waals surface area contributed by atoms with E-state index in [4.69, 9.17) is 39.5 Å². The molecule has 2 rings (SSSR count). The summed E-state index contributed by atoms with van der Waals surface area (Å²) < 4.78 is 5.07. The molecule has 26 heavy (non-hydrogen) atoms. The quantitative estimate of drug-likeness (QED) is 0.300. The van der Waals surface area contributed by atoms with Crippen LogP contribution in [-0.2, 0) is 11.3 Å². The summed E-state index contributed by atoms with van der Waals surface area (Å²) in [6.45, 7) is -0.0610. The fraction of sp³-hybridized carbons (Fsp3) is 0.176. The molecule has 0 fully saturated rings. The Morgan fingerprint density at radius 3 is 2.46 bits per heavy atom. The smallest absolute Gasteiger partial charge is 0.270 e. The number of hydrogen-bond acceptors (Lipinski definition) is 5. The van der Waals surface area contributed by atoms with Gasteiger partial charge in [0.1, 0.15) is 12.3 Å². The Hall–Kier alpha value is -2.48. The van der Waals surface area contributed by atoms with Gasteiger partial charge < -0.3 is 15.8 Å². The maximum Gasteiger partial charge on any atom is 0.270 e. The molecular formula is C17H18Cl2N4O3. The number of ether oxygens (including phenoxy) is 1. The van der Waals surface area contributed by atoms with Gasteiger partial charge in [-0.2, -0.15) is 0 Å². The molecule has 9 heteroatoms. The summed E-state index contributed by atoms with van der Waals surface area (Å²) in [6, 6.07) is 9.97. The minimum absolute atomic E-state index is 0.0351. The van der Waals surface area contributed by atoms with E-state index in [9.17, 15) is 9.59 Å². The molecule has 2 aromatic carbocycles. The molecule has 7 nitrogen and oxygen atoms in total. The number of rotatable bonds is 6. The molecule has 0 heterocycles. The first kappa shape index (κ1) is 19.8. The Morgan fingerprint density at radius 2 is 1.85 bits per heavy atom. The molecule has 2 amide bonds. The highest BCUT2D eigenvalue weighted by Crippen LogP contribution is 2.28. The van der Waals surface area contributed by atoms with Gasteiger partial charge in [-0.1, -0.05) is 35.3 Å². The van der Waals surface area contributed by atoms with E-state index in [0.29, 0.717) is 0 Å². The molecule has 0 spiro atoms. The molecule has 0 atom stereocenters. The second-order valence-corrected chi connectivity index (χ2v) is 6.25. The summed E-state index contributed by atoms with van der Waals surface area (Å²) in [5.74, 6) is 5.32. The topological polar surface area (TPSA) is 111 Å². The van der Waals surface area contributed by atoms with E-state index < -0.39 is 11.8 Å². The number of amides is 2. The number of benzene rings is 2. The average molecular weight is 397 g/mol. The monoisotopic (exact) mass is 396 g/mol. The molecule has 0 aromatic heterocycles. The van der Waals surface area contributed by atoms with E-state index in [2.05, 4.69) is 5.32 Å². The third-order valence-corrected chi connectivity index (χ3v) is 4.08. The maximum atomic E-state index is 12.4. The van der Waals surface area contributed by atoms with Crippen molar-refractivity contribution in [3.63, 3.8) is 0 Å². The highest BCUT2D eigenvalue weighted by molar-refractivity contribution is 6.37. The van der Waals surface area contributed by atoms with Crippen molar-refractivity contribution in [3.8, 4) is 5.75 Å². The van der Waals surface area contributed by atoms with Crippen molar-refractivity contribution >= 4 is 40.7 Å². The summed E-state index contributed by atoms with van der Waals surface area (Å²) in [5.41, 5.74) is 6.74. The summed E-state index contributed by atoms with van der Waals surface area (Å²) >= 11 is 11.8. The fourth-order valence-electron chi connectivity index (χ4n) is 2.14. The lowest BCUT2D eigenvalue weighted by Gasteiger charge is -2.18. The number of nitrogen functional groups attached to an aromatic ring is 1. The number of halogens is 2. The average Bonchev–Trinajstić information content (AvgIpc) is 2.62. The molecule has 0 aliphatic carbocycles. The first-order valence-electron chi connectivity index (χ1n) is 7.52. The Morgan fingerprint density at radius 1 is 1.19 bits per heavy atom. The number of hydrogen-bond donors (Lipinski definition) is 3. The van der Waals surface area contributed by atoms with Gasteiger partial charge in [-0.15, -0.1) is 0 Å². The second kappa shape index (κ2) is 8.75.